The highest BCUT2D eigenvalue weighted by atomic mass is 16.4. The fraction of sp³-hybridized carbons (Fsp3) is 0. The molecule has 0 aliphatic heterocycles. The first-order chi connectivity index (χ1) is 8.27. The lowest BCUT2D eigenvalue weighted by molar-refractivity contribution is -0.130. The Labute approximate surface area is 99.1 Å². The maximum Gasteiger partial charge on any atom is 0.337 e. The molecule has 1 aromatic heterocycles. The Morgan fingerprint density at radius 2 is 1.76 bits per heavy atom. The van der Waals surface area contributed by atoms with Crippen LogP contribution in [0, 0.1) is 0 Å². The van der Waals surface area contributed by atoms with Crippen molar-refractivity contribution in [3.63, 3.8) is 0 Å². The average molecular weight is 225 g/mol. The summed E-state index contributed by atoms with van der Waals surface area (Å²) in [6.07, 6.45) is 3.20. The Hall–Kier alpha value is -2.42. The molecule has 0 aliphatic carbocycles. The molecule has 2 rings (SSSR count). The van der Waals surface area contributed by atoms with Gasteiger partial charge in [-0.2, -0.15) is 0 Å². The molecule has 0 spiro atoms. The van der Waals surface area contributed by atoms with Crippen molar-refractivity contribution in [2.45, 2.75) is 0 Å². The summed E-state index contributed by atoms with van der Waals surface area (Å²) in [5, 5.41) is 9.18. The van der Waals surface area contributed by atoms with E-state index in [9.17, 15) is 9.90 Å². The third-order valence-corrected chi connectivity index (χ3v) is 2.28. The van der Waals surface area contributed by atoms with Gasteiger partial charge in [0.05, 0.1) is 11.3 Å². The number of aliphatic carboxylic acids is 1. The molecule has 3 heteroatoms. The molecule has 84 valence electrons. The van der Waals surface area contributed by atoms with E-state index >= 15 is 0 Å². The number of carboxylic acid groups (broad SMARTS) is 1. The Kier molecular flexibility index (Phi) is 3.31. The van der Waals surface area contributed by atoms with Crippen molar-refractivity contribution in [1.82, 2.24) is 4.98 Å². The van der Waals surface area contributed by atoms with Gasteiger partial charge in [0, 0.05) is 6.20 Å². The molecule has 0 unspecified atom stereocenters. The second kappa shape index (κ2) is 5.07. The summed E-state index contributed by atoms with van der Waals surface area (Å²) in [4.78, 5) is 15.2. The van der Waals surface area contributed by atoms with Gasteiger partial charge in [-0.05, 0) is 23.8 Å². The number of hydrogen-bond donors (Lipinski definition) is 1. The van der Waals surface area contributed by atoms with Crippen LogP contribution in [-0.2, 0) is 4.79 Å². The quantitative estimate of drug-likeness (QED) is 0.817. The summed E-state index contributed by atoms with van der Waals surface area (Å²) in [6.45, 7) is 0. The summed E-state index contributed by atoms with van der Waals surface area (Å²) in [7, 11) is 0. The van der Waals surface area contributed by atoms with Gasteiger partial charge in [0.1, 0.15) is 0 Å². The fourth-order valence-electron chi connectivity index (χ4n) is 1.48. The van der Waals surface area contributed by atoms with E-state index in [1.165, 1.54) is 0 Å². The van der Waals surface area contributed by atoms with E-state index in [2.05, 4.69) is 4.98 Å². The van der Waals surface area contributed by atoms with Crippen LogP contribution in [0.1, 0.15) is 11.3 Å². The third kappa shape index (κ3) is 2.78. The molecule has 3 nitrogen and oxygen atoms in total. The second-order valence-electron chi connectivity index (χ2n) is 3.49. The van der Waals surface area contributed by atoms with Gasteiger partial charge in [0.2, 0.25) is 0 Å². The number of pyridine rings is 1. The van der Waals surface area contributed by atoms with Crippen LogP contribution in [0.4, 0.5) is 0 Å². The van der Waals surface area contributed by atoms with E-state index in [0.717, 1.165) is 5.56 Å². The minimum Gasteiger partial charge on any atom is -0.478 e. The summed E-state index contributed by atoms with van der Waals surface area (Å²) in [5.74, 6) is -0.979. The zero-order valence-corrected chi connectivity index (χ0v) is 9.08. The average Bonchev–Trinajstić information content (AvgIpc) is 2.38. The Bertz CT molecular complexity index is 533. The maximum atomic E-state index is 11.2. The zero-order valence-electron chi connectivity index (χ0n) is 9.08. The van der Waals surface area contributed by atoms with Crippen molar-refractivity contribution in [2.24, 2.45) is 0 Å². The third-order valence-electron chi connectivity index (χ3n) is 2.28. The highest BCUT2D eigenvalue weighted by Gasteiger charge is 2.10. The van der Waals surface area contributed by atoms with Crippen LogP contribution in [0.25, 0.3) is 11.6 Å². The van der Waals surface area contributed by atoms with Crippen LogP contribution in [-0.4, -0.2) is 16.1 Å². The predicted molar refractivity (Wildman–Crippen MR) is 66.2 cm³/mol. The molecule has 0 aliphatic rings. The van der Waals surface area contributed by atoms with Gasteiger partial charge < -0.3 is 5.11 Å². The van der Waals surface area contributed by atoms with Crippen LogP contribution in [0.2, 0.25) is 0 Å². The number of hydrogen-bond acceptors (Lipinski definition) is 2. The molecule has 0 saturated heterocycles. The molecule has 1 heterocycles. The number of carbonyl (C=O) groups is 1. The van der Waals surface area contributed by atoms with E-state index in [0.29, 0.717) is 5.69 Å². The SMILES string of the molecule is O=C(O)/C(=C\c1ccccc1)c1ccccn1. The van der Waals surface area contributed by atoms with Crippen LogP contribution in [0.3, 0.4) is 0 Å². The van der Waals surface area contributed by atoms with Gasteiger partial charge in [0.25, 0.3) is 0 Å². The van der Waals surface area contributed by atoms with Crippen LogP contribution >= 0.6 is 0 Å². The lowest BCUT2D eigenvalue weighted by Crippen LogP contribution is -2.01. The first-order valence-corrected chi connectivity index (χ1v) is 5.19. The highest BCUT2D eigenvalue weighted by Crippen LogP contribution is 2.16. The van der Waals surface area contributed by atoms with Crippen molar-refractivity contribution >= 4 is 17.6 Å². The van der Waals surface area contributed by atoms with Gasteiger partial charge in [-0.3, -0.25) is 4.98 Å². The molecule has 0 radical (unpaired) electrons. The van der Waals surface area contributed by atoms with Crippen molar-refractivity contribution in [3.05, 3.63) is 66.0 Å². The molecule has 1 aromatic carbocycles. The molecular weight excluding hydrogens is 214 g/mol. The molecule has 0 amide bonds. The molecule has 0 atom stereocenters. The van der Waals surface area contributed by atoms with Gasteiger partial charge >= 0.3 is 5.97 Å². The molecule has 17 heavy (non-hydrogen) atoms. The van der Waals surface area contributed by atoms with Gasteiger partial charge in [-0.15, -0.1) is 0 Å². The number of rotatable bonds is 3. The highest BCUT2D eigenvalue weighted by molar-refractivity contribution is 6.19. The Morgan fingerprint density at radius 3 is 2.35 bits per heavy atom. The molecule has 0 fully saturated rings. The second-order valence-corrected chi connectivity index (χ2v) is 3.49. The van der Waals surface area contributed by atoms with E-state index in [4.69, 9.17) is 0 Å². The lowest BCUT2D eigenvalue weighted by Gasteiger charge is -2.01. The maximum absolute atomic E-state index is 11.2. The predicted octanol–water partition coefficient (Wildman–Crippen LogP) is 2.71. The topological polar surface area (TPSA) is 50.2 Å². The number of carboxylic acids is 1. The normalized spacial score (nSPS) is 11.2. The van der Waals surface area contributed by atoms with Gasteiger partial charge in [0.15, 0.2) is 0 Å². The Morgan fingerprint density at radius 1 is 1.06 bits per heavy atom. The van der Waals surface area contributed by atoms with E-state index in [1.54, 1.807) is 30.5 Å². The standard InChI is InChI=1S/C14H11NO2/c16-14(17)12(13-8-4-5-9-15-13)10-11-6-2-1-3-7-11/h1-10H,(H,16,17)/b12-10-. The van der Waals surface area contributed by atoms with Crippen molar-refractivity contribution in [3.8, 4) is 0 Å². The first kappa shape index (κ1) is 11.1. The van der Waals surface area contributed by atoms with Crippen LogP contribution < -0.4 is 0 Å². The first-order valence-electron chi connectivity index (χ1n) is 5.19. The number of nitrogens with zero attached hydrogens (tertiary/aromatic N) is 1. The zero-order chi connectivity index (χ0) is 12.1. The van der Waals surface area contributed by atoms with Gasteiger partial charge in [-0.25, -0.2) is 4.79 Å². The number of benzene rings is 1. The summed E-state index contributed by atoms with van der Waals surface area (Å²) >= 11 is 0. The monoisotopic (exact) mass is 225 g/mol. The molecule has 0 saturated carbocycles. The van der Waals surface area contributed by atoms with Crippen LogP contribution in [0.15, 0.2) is 54.7 Å². The van der Waals surface area contributed by atoms with Crippen LogP contribution in [0.5, 0.6) is 0 Å². The lowest BCUT2D eigenvalue weighted by atomic mass is 10.1. The number of aromatic nitrogens is 1. The molecule has 1 N–H and O–H groups in total. The summed E-state index contributed by atoms with van der Waals surface area (Å²) in [6, 6.07) is 14.5. The minimum atomic E-state index is -0.979. The largest absolute Gasteiger partial charge is 0.478 e. The smallest absolute Gasteiger partial charge is 0.337 e. The van der Waals surface area contributed by atoms with E-state index in [1.807, 2.05) is 30.3 Å². The Balaban J connectivity index is 2.44. The van der Waals surface area contributed by atoms with Crippen molar-refractivity contribution < 1.29 is 9.90 Å². The fourth-order valence-corrected chi connectivity index (χ4v) is 1.48. The molecule has 0 bridgehead atoms. The minimum absolute atomic E-state index is 0.191. The van der Waals surface area contributed by atoms with E-state index < -0.39 is 5.97 Å². The summed E-state index contributed by atoms with van der Waals surface area (Å²) < 4.78 is 0. The molecular formula is C14H11NO2. The summed E-state index contributed by atoms with van der Waals surface area (Å²) in [5.41, 5.74) is 1.50. The van der Waals surface area contributed by atoms with E-state index in [-0.39, 0.29) is 5.57 Å². The van der Waals surface area contributed by atoms with Gasteiger partial charge in [-0.1, -0.05) is 36.4 Å². The van der Waals surface area contributed by atoms with Crippen molar-refractivity contribution in [1.29, 1.82) is 0 Å². The molecule has 2 aromatic rings. The van der Waals surface area contributed by atoms with Crippen molar-refractivity contribution in [2.75, 3.05) is 0 Å².